The molecule has 0 spiro atoms. The molecule has 116 valence electrons. The molecule has 2 N–H and O–H groups in total. The summed E-state index contributed by atoms with van der Waals surface area (Å²) in [5, 5.41) is 0. The van der Waals surface area contributed by atoms with Gasteiger partial charge in [-0.3, -0.25) is 0 Å². The van der Waals surface area contributed by atoms with Gasteiger partial charge in [0.25, 0.3) is 0 Å². The molecule has 0 aromatic heterocycles. The summed E-state index contributed by atoms with van der Waals surface area (Å²) >= 11 is 0. The second-order valence-electron chi connectivity index (χ2n) is 6.22. The number of hydrogen-bond acceptors (Lipinski definition) is 1. The smallest absolute Gasteiger partial charge is 0.127 e. The van der Waals surface area contributed by atoms with Gasteiger partial charge in [0.15, 0.2) is 0 Å². The fourth-order valence-corrected chi connectivity index (χ4v) is 3.01. The Kier molecular flexibility index (Phi) is 6.27. The number of likely N-dealkylation sites (N-methyl/N-ethyl adjacent to an activating group) is 1. The van der Waals surface area contributed by atoms with Crippen molar-refractivity contribution in [1.82, 2.24) is 0 Å². The van der Waals surface area contributed by atoms with Crippen LogP contribution in [0.15, 0.2) is 30.9 Å². The Morgan fingerprint density at radius 2 is 2.00 bits per heavy atom. The Balaban J connectivity index is 1.77. The van der Waals surface area contributed by atoms with Crippen molar-refractivity contribution >= 4 is 0 Å². The lowest BCUT2D eigenvalue weighted by atomic mass is 10.1. The molecule has 1 aliphatic heterocycles. The first-order valence-corrected chi connectivity index (χ1v) is 8.17. The van der Waals surface area contributed by atoms with Gasteiger partial charge in [0.05, 0.1) is 20.2 Å². The van der Waals surface area contributed by atoms with Crippen molar-refractivity contribution in [2.75, 3.05) is 46.4 Å². The van der Waals surface area contributed by atoms with Gasteiger partial charge in [0.1, 0.15) is 31.9 Å². The van der Waals surface area contributed by atoms with Gasteiger partial charge in [-0.2, -0.15) is 0 Å². The Morgan fingerprint density at radius 3 is 2.71 bits per heavy atom. The van der Waals surface area contributed by atoms with Crippen molar-refractivity contribution in [2.45, 2.75) is 19.8 Å². The zero-order valence-corrected chi connectivity index (χ0v) is 13.6. The third kappa shape index (κ3) is 4.87. The van der Waals surface area contributed by atoms with E-state index in [1.807, 2.05) is 6.08 Å². The summed E-state index contributed by atoms with van der Waals surface area (Å²) in [7, 11) is 2.29. The first-order chi connectivity index (χ1) is 10.2. The summed E-state index contributed by atoms with van der Waals surface area (Å²) < 4.78 is 6.07. The molecule has 1 aromatic carbocycles. The zero-order valence-electron chi connectivity index (χ0n) is 13.6. The topological polar surface area (TPSA) is 18.1 Å². The van der Waals surface area contributed by atoms with E-state index < -0.39 is 0 Å². The molecule has 1 saturated heterocycles. The largest absolute Gasteiger partial charge is 0.493 e. The summed E-state index contributed by atoms with van der Waals surface area (Å²) in [6, 6.07) is 6.35. The molecule has 1 aromatic rings. The zero-order chi connectivity index (χ0) is 15.1. The van der Waals surface area contributed by atoms with Crippen LogP contribution in [0.3, 0.4) is 0 Å². The number of rotatable bonds is 7. The second kappa shape index (κ2) is 8.20. The van der Waals surface area contributed by atoms with Crippen molar-refractivity contribution in [2.24, 2.45) is 0 Å². The van der Waals surface area contributed by atoms with Crippen molar-refractivity contribution < 1.29 is 14.5 Å². The third-order valence-corrected chi connectivity index (χ3v) is 4.39. The van der Waals surface area contributed by atoms with Gasteiger partial charge < -0.3 is 14.5 Å². The minimum Gasteiger partial charge on any atom is -0.493 e. The predicted molar refractivity (Wildman–Crippen MR) is 87.4 cm³/mol. The van der Waals surface area contributed by atoms with Gasteiger partial charge in [0.2, 0.25) is 0 Å². The van der Waals surface area contributed by atoms with Crippen LogP contribution in [0.5, 0.6) is 5.75 Å². The molecular weight excluding hydrogens is 260 g/mol. The van der Waals surface area contributed by atoms with Crippen LogP contribution in [0.25, 0.3) is 0 Å². The number of para-hydroxylation sites is 1. The molecule has 21 heavy (non-hydrogen) atoms. The summed E-state index contributed by atoms with van der Waals surface area (Å²) in [6.45, 7) is 13.2. The summed E-state index contributed by atoms with van der Waals surface area (Å²) in [5.41, 5.74) is 2.48. The van der Waals surface area contributed by atoms with Gasteiger partial charge in [-0.1, -0.05) is 24.3 Å². The number of quaternary nitrogens is 2. The SMILES string of the molecule is C=CCc1cccc(C)c1OCCC[NH+]1CC[NH+](C)CC1. The third-order valence-electron chi connectivity index (χ3n) is 4.39. The molecule has 1 aliphatic rings. The van der Waals surface area contributed by atoms with Crippen LogP contribution < -0.4 is 14.5 Å². The molecule has 0 aliphatic carbocycles. The Bertz CT molecular complexity index is 451. The predicted octanol–water partition coefficient (Wildman–Crippen LogP) is -0.0944. The fraction of sp³-hybridized carbons (Fsp3) is 0.556. The highest BCUT2D eigenvalue weighted by molar-refractivity contribution is 5.41. The molecule has 0 radical (unpaired) electrons. The van der Waals surface area contributed by atoms with E-state index in [9.17, 15) is 0 Å². The molecular formula is C18H30N2O+2. The number of aryl methyl sites for hydroxylation is 1. The number of allylic oxidation sites excluding steroid dienone is 1. The van der Waals surface area contributed by atoms with E-state index in [4.69, 9.17) is 4.74 Å². The molecule has 0 amide bonds. The Morgan fingerprint density at radius 1 is 1.24 bits per heavy atom. The molecule has 0 saturated carbocycles. The molecule has 1 fully saturated rings. The average Bonchev–Trinajstić information content (AvgIpc) is 2.48. The minimum atomic E-state index is 0.821. The van der Waals surface area contributed by atoms with Gasteiger partial charge >= 0.3 is 0 Å². The highest BCUT2D eigenvalue weighted by atomic mass is 16.5. The maximum Gasteiger partial charge on any atom is 0.127 e. The molecule has 1 heterocycles. The van der Waals surface area contributed by atoms with Crippen LogP contribution >= 0.6 is 0 Å². The number of piperazine rings is 1. The quantitative estimate of drug-likeness (QED) is 0.530. The van der Waals surface area contributed by atoms with E-state index >= 15 is 0 Å². The lowest BCUT2D eigenvalue weighted by molar-refractivity contribution is -1.00. The van der Waals surface area contributed by atoms with Crippen LogP contribution in [-0.2, 0) is 6.42 Å². The lowest BCUT2D eigenvalue weighted by Crippen LogP contribution is -3.27. The van der Waals surface area contributed by atoms with Crippen molar-refractivity contribution in [1.29, 1.82) is 0 Å². The first kappa shape index (κ1) is 16.1. The van der Waals surface area contributed by atoms with Gasteiger partial charge in [-0.25, -0.2) is 0 Å². The molecule has 3 heteroatoms. The van der Waals surface area contributed by atoms with E-state index in [2.05, 4.69) is 38.7 Å². The summed E-state index contributed by atoms with van der Waals surface area (Å²) in [4.78, 5) is 3.41. The average molecular weight is 290 g/mol. The number of hydrogen-bond donors (Lipinski definition) is 2. The molecule has 0 unspecified atom stereocenters. The van der Waals surface area contributed by atoms with Crippen LogP contribution in [-0.4, -0.2) is 46.4 Å². The number of nitrogens with one attached hydrogen (secondary N) is 2. The lowest BCUT2D eigenvalue weighted by Gasteiger charge is -2.27. The fourth-order valence-electron chi connectivity index (χ4n) is 3.01. The standard InChI is InChI=1S/C18H28N2O/c1-4-7-17-9-5-8-16(2)18(17)21-15-6-10-20-13-11-19(3)12-14-20/h4-5,8-9H,1,6-7,10-15H2,2-3H3/p+2. The second-order valence-corrected chi connectivity index (χ2v) is 6.22. The first-order valence-electron chi connectivity index (χ1n) is 8.17. The number of ether oxygens (including phenoxy) is 1. The molecule has 0 atom stereocenters. The van der Waals surface area contributed by atoms with Crippen molar-refractivity contribution in [3.63, 3.8) is 0 Å². The van der Waals surface area contributed by atoms with E-state index in [1.165, 1.54) is 43.9 Å². The Labute approximate surface area is 129 Å². The highest BCUT2D eigenvalue weighted by Crippen LogP contribution is 2.24. The minimum absolute atomic E-state index is 0.821. The normalized spacial score (nSPS) is 22.0. The summed E-state index contributed by atoms with van der Waals surface area (Å²) in [6.07, 6.45) is 3.96. The van der Waals surface area contributed by atoms with Gasteiger partial charge in [0, 0.05) is 6.42 Å². The van der Waals surface area contributed by atoms with Crippen molar-refractivity contribution in [3.8, 4) is 5.75 Å². The van der Waals surface area contributed by atoms with Gasteiger partial charge in [-0.15, -0.1) is 6.58 Å². The summed E-state index contributed by atoms with van der Waals surface area (Å²) in [5.74, 6) is 1.07. The van der Waals surface area contributed by atoms with Crippen LogP contribution in [0.1, 0.15) is 17.5 Å². The molecule has 0 bridgehead atoms. The van der Waals surface area contributed by atoms with Crippen LogP contribution in [0.2, 0.25) is 0 Å². The molecule has 3 nitrogen and oxygen atoms in total. The van der Waals surface area contributed by atoms with Crippen LogP contribution in [0.4, 0.5) is 0 Å². The van der Waals surface area contributed by atoms with E-state index in [-0.39, 0.29) is 0 Å². The maximum absolute atomic E-state index is 6.07. The molecule has 2 rings (SSSR count). The van der Waals surface area contributed by atoms with Crippen LogP contribution in [0, 0.1) is 6.92 Å². The maximum atomic E-state index is 6.07. The van der Waals surface area contributed by atoms with E-state index in [0.717, 1.165) is 25.2 Å². The highest BCUT2D eigenvalue weighted by Gasteiger charge is 2.19. The Hall–Kier alpha value is -1.32. The van der Waals surface area contributed by atoms with Gasteiger partial charge in [-0.05, 0) is 24.5 Å². The monoisotopic (exact) mass is 290 g/mol. The van der Waals surface area contributed by atoms with E-state index in [1.54, 1.807) is 9.80 Å². The van der Waals surface area contributed by atoms with E-state index in [0.29, 0.717) is 0 Å². The van der Waals surface area contributed by atoms with Crippen molar-refractivity contribution in [3.05, 3.63) is 42.0 Å². The number of benzene rings is 1.